The van der Waals surface area contributed by atoms with E-state index in [1.165, 1.54) is 0 Å². The summed E-state index contributed by atoms with van der Waals surface area (Å²) in [5.74, 6) is -0.625. The molecular weight excluding hydrogens is 242 g/mol. The van der Waals surface area contributed by atoms with Gasteiger partial charge in [-0.05, 0) is 40.0 Å². The van der Waals surface area contributed by atoms with Crippen molar-refractivity contribution in [1.29, 1.82) is 0 Å². The van der Waals surface area contributed by atoms with Gasteiger partial charge in [-0.15, -0.1) is 0 Å². The maximum absolute atomic E-state index is 12.1. The van der Waals surface area contributed by atoms with Gasteiger partial charge in [0.1, 0.15) is 11.6 Å². The summed E-state index contributed by atoms with van der Waals surface area (Å²) in [5, 5.41) is 2.74. The third-order valence-electron chi connectivity index (χ3n) is 2.48. The Morgan fingerprint density at radius 1 is 1.26 bits per heavy atom. The molecule has 0 heterocycles. The highest BCUT2D eigenvalue weighted by molar-refractivity contribution is 5.95. The van der Waals surface area contributed by atoms with E-state index in [4.69, 9.17) is 4.74 Å². The van der Waals surface area contributed by atoms with Crippen LogP contribution in [0.25, 0.3) is 0 Å². The van der Waals surface area contributed by atoms with Gasteiger partial charge in [0.05, 0.1) is 0 Å². The molecule has 0 aliphatic carbocycles. The zero-order chi connectivity index (χ0) is 15.2. The normalized spacial score (nSPS) is 14.2. The summed E-state index contributed by atoms with van der Waals surface area (Å²) in [6.45, 7) is 12.9. The molecule has 0 aliphatic heterocycles. The van der Waals surface area contributed by atoms with Gasteiger partial charge in [-0.1, -0.05) is 26.8 Å². The van der Waals surface area contributed by atoms with Gasteiger partial charge in [0.25, 0.3) is 0 Å². The molecule has 4 heteroatoms. The first-order chi connectivity index (χ1) is 8.58. The average Bonchev–Trinajstić information content (AvgIpc) is 2.22. The third kappa shape index (κ3) is 6.99. The van der Waals surface area contributed by atoms with Gasteiger partial charge in [-0.25, -0.2) is 4.79 Å². The van der Waals surface area contributed by atoms with Crippen LogP contribution in [0.3, 0.4) is 0 Å². The van der Waals surface area contributed by atoms with Crippen molar-refractivity contribution >= 4 is 11.9 Å². The lowest BCUT2D eigenvalue weighted by Crippen LogP contribution is -2.47. The van der Waals surface area contributed by atoms with Crippen LogP contribution >= 0.6 is 0 Å². The monoisotopic (exact) mass is 269 g/mol. The molecule has 19 heavy (non-hydrogen) atoms. The smallest absolute Gasteiger partial charge is 0.329 e. The van der Waals surface area contributed by atoms with Crippen LogP contribution in [0.1, 0.15) is 54.9 Å². The third-order valence-corrected chi connectivity index (χ3v) is 2.48. The Kier molecular flexibility index (Phi) is 6.81. The van der Waals surface area contributed by atoms with Crippen molar-refractivity contribution in [3.05, 3.63) is 11.6 Å². The molecule has 4 nitrogen and oxygen atoms in total. The van der Waals surface area contributed by atoms with Crippen molar-refractivity contribution in [3.63, 3.8) is 0 Å². The molecule has 0 aliphatic rings. The first-order valence-electron chi connectivity index (χ1n) is 6.79. The Labute approximate surface area is 116 Å². The number of carbonyl (C=O) groups is 2. The molecule has 1 atom stereocenters. The molecule has 0 saturated carbocycles. The number of hydrogen-bond acceptors (Lipinski definition) is 3. The molecule has 0 aromatic heterocycles. The predicted octanol–water partition coefficient (Wildman–Crippen LogP) is 2.83. The minimum absolute atomic E-state index is 0.0202. The van der Waals surface area contributed by atoms with Crippen LogP contribution in [-0.4, -0.2) is 23.5 Å². The van der Waals surface area contributed by atoms with E-state index in [9.17, 15) is 9.59 Å². The summed E-state index contributed by atoms with van der Waals surface area (Å²) in [5.41, 5.74) is 0.0696. The van der Waals surface area contributed by atoms with Crippen LogP contribution in [0.15, 0.2) is 11.6 Å². The van der Waals surface area contributed by atoms with Crippen molar-refractivity contribution in [3.8, 4) is 0 Å². The molecule has 0 saturated heterocycles. The lowest BCUT2D eigenvalue weighted by Gasteiger charge is -2.26. The number of ether oxygens (including phenoxy) is 1. The number of allylic oxidation sites excluding steroid dienone is 1. The molecule has 0 bridgehead atoms. The van der Waals surface area contributed by atoms with E-state index < -0.39 is 11.6 Å². The number of amides is 1. The summed E-state index contributed by atoms with van der Waals surface area (Å²) in [7, 11) is 0. The van der Waals surface area contributed by atoms with E-state index >= 15 is 0 Å². The van der Waals surface area contributed by atoms with Crippen LogP contribution in [0.4, 0.5) is 0 Å². The van der Waals surface area contributed by atoms with Crippen LogP contribution in [-0.2, 0) is 14.3 Å². The second kappa shape index (κ2) is 7.31. The maximum atomic E-state index is 12.1. The van der Waals surface area contributed by atoms with Gasteiger partial charge in [-0.2, -0.15) is 0 Å². The van der Waals surface area contributed by atoms with Crippen molar-refractivity contribution in [2.45, 2.75) is 66.5 Å². The van der Waals surface area contributed by atoms with Crippen molar-refractivity contribution < 1.29 is 14.3 Å². The quantitative estimate of drug-likeness (QED) is 0.617. The van der Waals surface area contributed by atoms with Crippen LogP contribution in [0.5, 0.6) is 0 Å². The van der Waals surface area contributed by atoms with Gasteiger partial charge in [-0.3, -0.25) is 4.79 Å². The summed E-state index contributed by atoms with van der Waals surface area (Å²) in [6.07, 6.45) is 2.62. The minimum atomic E-state index is -0.619. The predicted molar refractivity (Wildman–Crippen MR) is 76.7 cm³/mol. The molecule has 110 valence electrons. The van der Waals surface area contributed by atoms with Gasteiger partial charge >= 0.3 is 5.97 Å². The average molecular weight is 269 g/mol. The summed E-state index contributed by atoms with van der Waals surface area (Å²) in [6, 6.07) is -0.619. The summed E-state index contributed by atoms with van der Waals surface area (Å²) in [4.78, 5) is 24.0. The second-order valence-corrected chi connectivity index (χ2v) is 6.02. The van der Waals surface area contributed by atoms with Crippen molar-refractivity contribution in [2.24, 2.45) is 5.92 Å². The maximum Gasteiger partial charge on any atom is 0.329 e. The van der Waals surface area contributed by atoms with E-state index in [1.54, 1.807) is 6.92 Å². The van der Waals surface area contributed by atoms with Gasteiger partial charge in [0.15, 0.2) is 0 Å². The number of rotatable bonds is 5. The molecule has 0 fully saturated rings. The summed E-state index contributed by atoms with van der Waals surface area (Å²) < 4.78 is 5.33. The topological polar surface area (TPSA) is 55.4 Å². The molecule has 1 N–H and O–H groups in total. The zero-order valence-corrected chi connectivity index (χ0v) is 13.2. The second-order valence-electron chi connectivity index (χ2n) is 6.02. The van der Waals surface area contributed by atoms with Crippen molar-refractivity contribution in [1.82, 2.24) is 5.32 Å². The lowest BCUT2D eigenvalue weighted by molar-refractivity contribution is -0.159. The van der Waals surface area contributed by atoms with E-state index in [1.807, 2.05) is 47.6 Å². The lowest BCUT2D eigenvalue weighted by atomic mass is 10.0. The van der Waals surface area contributed by atoms with E-state index in [0.29, 0.717) is 5.57 Å². The Bertz CT molecular complexity index is 351. The van der Waals surface area contributed by atoms with E-state index in [0.717, 1.165) is 6.42 Å². The Balaban J connectivity index is 4.81. The standard InChI is InChI=1S/C15H27NO3/c1-8-9-11(4)13(17)16-12(10(2)3)14(18)19-15(5,6)7/h9-10,12H,8H2,1-7H3,(H,16,17)/b11-9-/t12-/m1/s1. The fourth-order valence-electron chi connectivity index (χ4n) is 1.52. The Morgan fingerprint density at radius 3 is 2.16 bits per heavy atom. The fraction of sp³-hybridized carbons (Fsp3) is 0.733. The highest BCUT2D eigenvalue weighted by Crippen LogP contribution is 2.13. The van der Waals surface area contributed by atoms with Crippen LogP contribution < -0.4 is 5.32 Å². The largest absolute Gasteiger partial charge is 0.458 e. The van der Waals surface area contributed by atoms with Gasteiger partial charge in [0, 0.05) is 5.57 Å². The summed E-state index contributed by atoms with van der Waals surface area (Å²) >= 11 is 0. The van der Waals surface area contributed by atoms with Gasteiger partial charge in [0.2, 0.25) is 5.91 Å². The molecule has 0 radical (unpaired) electrons. The molecule has 1 amide bonds. The van der Waals surface area contributed by atoms with Crippen LogP contribution in [0.2, 0.25) is 0 Å². The highest BCUT2D eigenvalue weighted by Gasteiger charge is 2.29. The fourth-order valence-corrected chi connectivity index (χ4v) is 1.52. The van der Waals surface area contributed by atoms with E-state index in [-0.39, 0.29) is 17.8 Å². The molecular formula is C15H27NO3. The molecule has 0 rings (SSSR count). The highest BCUT2D eigenvalue weighted by atomic mass is 16.6. The Hall–Kier alpha value is -1.32. The van der Waals surface area contributed by atoms with E-state index in [2.05, 4.69) is 5.32 Å². The Morgan fingerprint density at radius 2 is 1.79 bits per heavy atom. The number of carbonyl (C=O) groups excluding carboxylic acids is 2. The first-order valence-corrected chi connectivity index (χ1v) is 6.79. The first kappa shape index (κ1) is 17.7. The van der Waals surface area contributed by atoms with Crippen LogP contribution in [0, 0.1) is 5.92 Å². The minimum Gasteiger partial charge on any atom is -0.458 e. The zero-order valence-electron chi connectivity index (χ0n) is 13.2. The number of esters is 1. The SMILES string of the molecule is CC/C=C(/C)C(=O)N[C@@H](C(=O)OC(C)(C)C)C(C)C. The van der Waals surface area contributed by atoms with Crippen molar-refractivity contribution in [2.75, 3.05) is 0 Å². The molecule has 0 spiro atoms. The molecule has 0 aromatic carbocycles. The molecule has 0 aromatic rings. The number of hydrogen-bond donors (Lipinski definition) is 1. The van der Waals surface area contributed by atoms with Gasteiger partial charge < -0.3 is 10.1 Å². The molecule has 0 unspecified atom stereocenters. The number of nitrogens with one attached hydrogen (secondary N) is 1.